The van der Waals surface area contributed by atoms with Gasteiger partial charge in [-0.3, -0.25) is 9.59 Å². The number of rotatable bonds is 7. The van der Waals surface area contributed by atoms with Crippen molar-refractivity contribution in [2.24, 2.45) is 0 Å². The number of hydrogen-bond acceptors (Lipinski definition) is 6. The third kappa shape index (κ3) is 4.39. The summed E-state index contributed by atoms with van der Waals surface area (Å²) < 4.78 is 24.0. The lowest BCUT2D eigenvalue weighted by atomic mass is 9.95. The Balaban J connectivity index is 2.18. The van der Waals surface area contributed by atoms with E-state index in [2.05, 4.69) is 0 Å². The van der Waals surface area contributed by atoms with E-state index < -0.39 is 23.5 Å². The number of likely N-dealkylation sites (N-methyl/N-ethyl adjacent to an activating group) is 1. The van der Waals surface area contributed by atoms with Gasteiger partial charge >= 0.3 is 0 Å². The van der Waals surface area contributed by atoms with Crippen LogP contribution in [0.5, 0.6) is 11.5 Å². The molecule has 2 aromatic rings. The Labute approximate surface area is 180 Å². The first kappa shape index (κ1) is 22.3. The molecule has 1 aliphatic heterocycles. The monoisotopic (exact) mass is 428 g/mol. The Hall–Kier alpha value is -3.39. The molecule has 8 heteroatoms. The summed E-state index contributed by atoms with van der Waals surface area (Å²) in [4.78, 5) is 29.1. The fourth-order valence-electron chi connectivity index (χ4n) is 3.55. The quantitative estimate of drug-likeness (QED) is 0.415. The Morgan fingerprint density at radius 2 is 1.71 bits per heavy atom. The fraction of sp³-hybridized carbons (Fsp3) is 0.304. The van der Waals surface area contributed by atoms with Crippen molar-refractivity contribution in [3.05, 3.63) is 65.0 Å². The molecule has 1 N–H and O–H groups in total. The molecule has 1 heterocycles. The highest BCUT2D eigenvalue weighted by atomic mass is 19.1. The second kappa shape index (κ2) is 9.18. The minimum Gasteiger partial charge on any atom is -0.507 e. The molecule has 1 saturated heterocycles. The van der Waals surface area contributed by atoms with Crippen molar-refractivity contribution in [3.63, 3.8) is 0 Å². The fourth-order valence-corrected chi connectivity index (χ4v) is 3.55. The zero-order valence-corrected chi connectivity index (χ0v) is 17.9. The number of carbonyl (C=O) groups is 2. The summed E-state index contributed by atoms with van der Waals surface area (Å²) >= 11 is 0. The molecule has 164 valence electrons. The lowest BCUT2D eigenvalue weighted by Gasteiger charge is -2.27. The van der Waals surface area contributed by atoms with E-state index in [-0.39, 0.29) is 23.4 Å². The van der Waals surface area contributed by atoms with Crippen molar-refractivity contribution in [2.75, 3.05) is 41.4 Å². The number of ether oxygens (including phenoxy) is 2. The number of ketones is 1. The van der Waals surface area contributed by atoms with Crippen LogP contribution in [0.1, 0.15) is 17.2 Å². The second-order valence-corrected chi connectivity index (χ2v) is 7.42. The van der Waals surface area contributed by atoms with E-state index in [4.69, 9.17) is 9.47 Å². The summed E-state index contributed by atoms with van der Waals surface area (Å²) in [5.74, 6) is -1.40. The van der Waals surface area contributed by atoms with Gasteiger partial charge < -0.3 is 24.4 Å². The number of benzene rings is 2. The van der Waals surface area contributed by atoms with Gasteiger partial charge in [-0.1, -0.05) is 6.07 Å². The summed E-state index contributed by atoms with van der Waals surface area (Å²) in [6.07, 6.45) is 0. The highest BCUT2D eigenvalue weighted by Crippen LogP contribution is 2.41. The topological polar surface area (TPSA) is 79.3 Å². The number of Topliss-reactive ketones (excluding diaryl/α,β-unsaturated/α-hetero) is 1. The average Bonchev–Trinajstić information content (AvgIpc) is 3.01. The van der Waals surface area contributed by atoms with Crippen LogP contribution in [0.15, 0.2) is 48.0 Å². The number of carbonyl (C=O) groups excluding carboxylic acids is 2. The molecule has 0 aromatic heterocycles. The van der Waals surface area contributed by atoms with Gasteiger partial charge in [0.1, 0.15) is 11.6 Å². The molecule has 1 fully saturated rings. The van der Waals surface area contributed by atoms with Crippen LogP contribution in [-0.2, 0) is 9.59 Å². The van der Waals surface area contributed by atoms with Crippen LogP contribution in [0.2, 0.25) is 0 Å². The Kier molecular flexibility index (Phi) is 6.60. The first-order chi connectivity index (χ1) is 14.8. The molecule has 0 radical (unpaired) electrons. The van der Waals surface area contributed by atoms with Crippen LogP contribution >= 0.6 is 0 Å². The zero-order valence-electron chi connectivity index (χ0n) is 17.9. The molecular weight excluding hydrogens is 403 g/mol. The number of halogens is 1. The van der Waals surface area contributed by atoms with Crippen molar-refractivity contribution < 1.29 is 28.6 Å². The predicted octanol–water partition coefficient (Wildman–Crippen LogP) is 2.83. The number of amides is 1. The highest BCUT2D eigenvalue weighted by molar-refractivity contribution is 6.46. The number of nitrogens with zero attached hydrogens (tertiary/aromatic N) is 2. The van der Waals surface area contributed by atoms with Gasteiger partial charge in [0, 0.05) is 18.7 Å². The molecular formula is C23H25FN2O5. The summed E-state index contributed by atoms with van der Waals surface area (Å²) in [7, 11) is 6.72. The normalized spacial score (nSPS) is 18.0. The lowest BCUT2D eigenvalue weighted by molar-refractivity contribution is -0.140. The Morgan fingerprint density at radius 3 is 2.29 bits per heavy atom. The maximum atomic E-state index is 13.3. The number of likely N-dealkylation sites (tertiary alicyclic amines) is 1. The molecule has 1 unspecified atom stereocenters. The molecule has 1 atom stereocenters. The molecule has 1 aliphatic rings. The highest BCUT2D eigenvalue weighted by Gasteiger charge is 2.46. The van der Waals surface area contributed by atoms with Crippen LogP contribution in [0, 0.1) is 5.82 Å². The SMILES string of the molecule is COc1ccc(C2/C(=C(/O)c3ccc(F)cc3)C(=O)C(=O)N2CCN(C)C)cc1OC. The van der Waals surface area contributed by atoms with Crippen molar-refractivity contribution in [2.45, 2.75) is 6.04 Å². The van der Waals surface area contributed by atoms with Gasteiger partial charge in [0.15, 0.2) is 11.5 Å². The van der Waals surface area contributed by atoms with E-state index in [1.807, 2.05) is 19.0 Å². The smallest absolute Gasteiger partial charge is 0.295 e. The van der Waals surface area contributed by atoms with E-state index in [0.717, 1.165) is 0 Å². The number of aliphatic hydroxyl groups is 1. The molecule has 0 saturated carbocycles. The van der Waals surface area contributed by atoms with Gasteiger partial charge in [0.05, 0.1) is 25.8 Å². The van der Waals surface area contributed by atoms with Gasteiger partial charge in [0.2, 0.25) is 0 Å². The minimum absolute atomic E-state index is 0.0532. The molecule has 0 spiro atoms. The van der Waals surface area contributed by atoms with E-state index in [1.165, 1.54) is 43.4 Å². The summed E-state index contributed by atoms with van der Waals surface area (Å²) in [6.45, 7) is 0.796. The molecule has 1 amide bonds. The van der Waals surface area contributed by atoms with E-state index in [0.29, 0.717) is 23.6 Å². The summed E-state index contributed by atoms with van der Waals surface area (Å²) in [6, 6.07) is 9.34. The third-order valence-electron chi connectivity index (χ3n) is 5.17. The van der Waals surface area contributed by atoms with Crippen LogP contribution in [0.3, 0.4) is 0 Å². The molecule has 31 heavy (non-hydrogen) atoms. The van der Waals surface area contributed by atoms with E-state index in [1.54, 1.807) is 18.2 Å². The largest absolute Gasteiger partial charge is 0.507 e. The second-order valence-electron chi connectivity index (χ2n) is 7.42. The molecule has 3 rings (SSSR count). The van der Waals surface area contributed by atoms with Gasteiger partial charge in [-0.25, -0.2) is 4.39 Å². The van der Waals surface area contributed by atoms with E-state index >= 15 is 0 Å². The number of hydrogen-bond donors (Lipinski definition) is 1. The maximum absolute atomic E-state index is 13.3. The lowest BCUT2D eigenvalue weighted by Crippen LogP contribution is -2.35. The molecule has 2 aromatic carbocycles. The van der Waals surface area contributed by atoms with Crippen LogP contribution in [-0.4, -0.2) is 68.0 Å². The van der Waals surface area contributed by atoms with Gasteiger partial charge in [0.25, 0.3) is 11.7 Å². The Morgan fingerprint density at radius 1 is 1.06 bits per heavy atom. The molecule has 0 aliphatic carbocycles. The summed E-state index contributed by atoms with van der Waals surface area (Å²) in [5.41, 5.74) is 0.777. The van der Waals surface area contributed by atoms with Gasteiger partial charge in [-0.05, 0) is 56.1 Å². The van der Waals surface area contributed by atoms with Crippen LogP contribution in [0.4, 0.5) is 4.39 Å². The average molecular weight is 428 g/mol. The maximum Gasteiger partial charge on any atom is 0.295 e. The molecule has 7 nitrogen and oxygen atoms in total. The van der Waals surface area contributed by atoms with Crippen molar-refractivity contribution >= 4 is 17.4 Å². The van der Waals surface area contributed by atoms with Crippen LogP contribution < -0.4 is 9.47 Å². The summed E-state index contributed by atoms with van der Waals surface area (Å²) in [5, 5.41) is 10.9. The first-order valence-electron chi connectivity index (χ1n) is 9.69. The third-order valence-corrected chi connectivity index (χ3v) is 5.17. The molecule has 0 bridgehead atoms. The zero-order chi connectivity index (χ0) is 22.7. The number of aliphatic hydroxyl groups excluding tert-OH is 1. The van der Waals surface area contributed by atoms with Crippen molar-refractivity contribution in [1.82, 2.24) is 9.80 Å². The van der Waals surface area contributed by atoms with Gasteiger partial charge in [-0.15, -0.1) is 0 Å². The standard InChI is InChI=1S/C23H25FN2O5/c1-25(2)11-12-26-20(15-7-10-17(30-3)18(13-15)31-4)19(22(28)23(26)29)21(27)14-5-8-16(24)9-6-14/h5-10,13,20,27H,11-12H2,1-4H3/b21-19-. The minimum atomic E-state index is -0.829. The van der Waals surface area contributed by atoms with E-state index in [9.17, 15) is 19.1 Å². The van der Waals surface area contributed by atoms with Crippen molar-refractivity contribution in [3.8, 4) is 11.5 Å². The van der Waals surface area contributed by atoms with Crippen LogP contribution in [0.25, 0.3) is 5.76 Å². The van der Waals surface area contributed by atoms with Crippen molar-refractivity contribution in [1.29, 1.82) is 0 Å². The number of methoxy groups -OCH3 is 2. The van der Waals surface area contributed by atoms with Gasteiger partial charge in [-0.2, -0.15) is 0 Å². The first-order valence-corrected chi connectivity index (χ1v) is 9.69. The predicted molar refractivity (Wildman–Crippen MR) is 114 cm³/mol. The Bertz CT molecular complexity index is 1020.